The summed E-state index contributed by atoms with van der Waals surface area (Å²) in [7, 11) is 2.98. The number of hydrogen-bond donors (Lipinski definition) is 2. The Hall–Kier alpha value is -4.17. The minimum absolute atomic E-state index is 0.00659. The molecular formula is C26H23ClN4O4. The van der Waals surface area contributed by atoms with Crippen LogP contribution >= 0.6 is 11.6 Å². The van der Waals surface area contributed by atoms with Gasteiger partial charge in [0.2, 0.25) is 5.91 Å². The molecule has 1 heterocycles. The number of nitrogens with one attached hydrogen (secondary N) is 2. The van der Waals surface area contributed by atoms with Crippen LogP contribution in [0.2, 0.25) is 5.02 Å². The second-order valence-corrected chi connectivity index (χ2v) is 8.16. The maximum Gasteiger partial charge on any atom is 0.274 e. The Morgan fingerprint density at radius 2 is 1.74 bits per heavy atom. The lowest BCUT2D eigenvalue weighted by Gasteiger charge is -2.12. The predicted molar refractivity (Wildman–Crippen MR) is 136 cm³/mol. The summed E-state index contributed by atoms with van der Waals surface area (Å²) in [6.45, 7) is 0.0779. The zero-order valence-electron chi connectivity index (χ0n) is 19.2. The topological polar surface area (TPSA) is 102 Å². The van der Waals surface area contributed by atoms with Gasteiger partial charge in [-0.3, -0.25) is 14.4 Å². The van der Waals surface area contributed by atoms with Crippen LogP contribution in [0.4, 0.5) is 5.69 Å². The van der Waals surface area contributed by atoms with E-state index in [9.17, 15) is 14.4 Å². The molecule has 2 N–H and O–H groups in total. The Balaban J connectivity index is 1.58. The zero-order valence-corrected chi connectivity index (χ0v) is 19.9. The van der Waals surface area contributed by atoms with E-state index in [0.29, 0.717) is 33.1 Å². The van der Waals surface area contributed by atoms with Gasteiger partial charge in [0.1, 0.15) is 5.75 Å². The van der Waals surface area contributed by atoms with E-state index < -0.39 is 0 Å². The molecular weight excluding hydrogens is 468 g/mol. The minimum Gasteiger partial charge on any atom is -0.496 e. The number of halogens is 1. The molecule has 0 atom stereocenters. The third-order valence-corrected chi connectivity index (χ3v) is 5.74. The lowest BCUT2D eigenvalue weighted by molar-refractivity contribution is -0.116. The normalized spacial score (nSPS) is 10.7. The number of benzene rings is 3. The highest BCUT2D eigenvalue weighted by atomic mass is 35.5. The molecule has 0 bridgehead atoms. The van der Waals surface area contributed by atoms with Crippen LogP contribution in [0, 0.1) is 0 Å². The average molecular weight is 491 g/mol. The van der Waals surface area contributed by atoms with Gasteiger partial charge in [-0.25, -0.2) is 4.68 Å². The minimum atomic E-state index is -0.334. The molecule has 2 amide bonds. The highest BCUT2D eigenvalue weighted by Gasteiger charge is 2.15. The number of hydrogen-bond acceptors (Lipinski definition) is 5. The van der Waals surface area contributed by atoms with Crippen molar-refractivity contribution < 1.29 is 14.3 Å². The fraction of sp³-hybridized carbons (Fsp3) is 0.154. The summed E-state index contributed by atoms with van der Waals surface area (Å²) >= 11 is 6.03. The number of methoxy groups -OCH3 is 1. The maximum atomic E-state index is 13.0. The molecule has 0 spiro atoms. The first-order valence-corrected chi connectivity index (χ1v) is 11.2. The molecule has 0 aliphatic rings. The number of rotatable bonds is 7. The van der Waals surface area contributed by atoms with Crippen molar-refractivity contribution in [2.75, 3.05) is 19.5 Å². The van der Waals surface area contributed by atoms with Crippen LogP contribution in [-0.2, 0) is 11.3 Å². The molecule has 0 saturated heterocycles. The van der Waals surface area contributed by atoms with Crippen molar-refractivity contribution in [2.45, 2.75) is 13.0 Å². The van der Waals surface area contributed by atoms with E-state index in [0.717, 1.165) is 10.9 Å². The van der Waals surface area contributed by atoms with Gasteiger partial charge in [0, 0.05) is 35.1 Å². The summed E-state index contributed by atoms with van der Waals surface area (Å²) in [5, 5.41) is 11.7. The molecule has 0 saturated carbocycles. The van der Waals surface area contributed by atoms with Crippen LogP contribution in [0.1, 0.15) is 16.8 Å². The van der Waals surface area contributed by atoms with Gasteiger partial charge in [-0.15, -0.1) is 0 Å². The third-order valence-electron chi connectivity index (χ3n) is 5.49. The fourth-order valence-electron chi connectivity index (χ4n) is 3.74. The monoisotopic (exact) mass is 490 g/mol. The molecule has 8 nitrogen and oxygen atoms in total. The first kappa shape index (κ1) is 24.0. The lowest BCUT2D eigenvalue weighted by atomic mass is 10.1. The van der Waals surface area contributed by atoms with Crippen molar-refractivity contribution in [2.24, 2.45) is 0 Å². The number of fused-ring (bicyclic) bond motifs is 1. The van der Waals surface area contributed by atoms with Gasteiger partial charge in [-0.05, 0) is 36.4 Å². The summed E-state index contributed by atoms with van der Waals surface area (Å²) in [6.07, 6.45) is 0.00659. The van der Waals surface area contributed by atoms with Crippen molar-refractivity contribution in [3.8, 4) is 17.0 Å². The van der Waals surface area contributed by atoms with Crippen molar-refractivity contribution in [3.63, 3.8) is 0 Å². The molecule has 0 aliphatic carbocycles. The van der Waals surface area contributed by atoms with Crippen molar-refractivity contribution >= 4 is 39.9 Å². The molecule has 0 fully saturated rings. The number of ether oxygens (including phenoxy) is 1. The van der Waals surface area contributed by atoms with Gasteiger partial charge in [0.25, 0.3) is 11.5 Å². The summed E-state index contributed by atoms with van der Waals surface area (Å²) in [5.41, 5.74) is 1.90. The number of anilines is 1. The van der Waals surface area contributed by atoms with E-state index in [-0.39, 0.29) is 30.3 Å². The van der Waals surface area contributed by atoms with Gasteiger partial charge in [0.15, 0.2) is 0 Å². The Kier molecular flexibility index (Phi) is 7.12. The Morgan fingerprint density at radius 1 is 1.03 bits per heavy atom. The van der Waals surface area contributed by atoms with E-state index in [1.165, 1.54) is 24.9 Å². The van der Waals surface area contributed by atoms with E-state index >= 15 is 0 Å². The highest BCUT2D eigenvalue weighted by Crippen LogP contribution is 2.26. The Bertz CT molecular complexity index is 1460. The van der Waals surface area contributed by atoms with Gasteiger partial charge >= 0.3 is 0 Å². The molecule has 4 rings (SSSR count). The van der Waals surface area contributed by atoms with Crippen LogP contribution < -0.4 is 20.9 Å². The molecule has 0 unspecified atom stereocenters. The average Bonchev–Trinajstić information content (AvgIpc) is 2.88. The SMILES string of the molecule is CNC(=O)c1cc(NC(=O)CCn2nc(-c3ccc(Cl)cc3)c3ccccc3c2=O)ccc1OC. The highest BCUT2D eigenvalue weighted by molar-refractivity contribution is 6.30. The molecule has 9 heteroatoms. The largest absolute Gasteiger partial charge is 0.496 e. The van der Waals surface area contributed by atoms with Crippen molar-refractivity contribution in [1.82, 2.24) is 15.1 Å². The van der Waals surface area contributed by atoms with Crippen LogP contribution in [0.3, 0.4) is 0 Å². The molecule has 1 aromatic heterocycles. The summed E-state index contributed by atoms with van der Waals surface area (Å²) in [5.74, 6) is -0.267. The molecule has 0 radical (unpaired) electrons. The number of aryl methyl sites for hydroxylation is 1. The Morgan fingerprint density at radius 3 is 2.43 bits per heavy atom. The molecule has 0 aliphatic heterocycles. The first-order chi connectivity index (χ1) is 16.9. The summed E-state index contributed by atoms with van der Waals surface area (Å²) < 4.78 is 6.51. The van der Waals surface area contributed by atoms with Crippen LogP contribution in [0.25, 0.3) is 22.0 Å². The standard InChI is InChI=1S/C26H23ClN4O4/c1-28-25(33)21-15-18(11-12-22(21)35-2)29-23(32)13-14-31-26(34)20-6-4-3-5-19(20)24(30-31)16-7-9-17(27)10-8-16/h3-12,15H,13-14H2,1-2H3,(H,28,33)(H,29,32). The zero-order chi connectivity index (χ0) is 24.9. The number of amides is 2. The number of aromatic nitrogens is 2. The number of nitrogens with zero attached hydrogens (tertiary/aromatic N) is 2. The van der Waals surface area contributed by atoms with E-state index in [4.69, 9.17) is 16.3 Å². The number of carbonyl (C=O) groups excluding carboxylic acids is 2. The molecule has 4 aromatic rings. The second-order valence-electron chi connectivity index (χ2n) is 7.72. The molecule has 178 valence electrons. The summed E-state index contributed by atoms with van der Waals surface area (Å²) in [4.78, 5) is 37.8. The van der Waals surface area contributed by atoms with Crippen molar-refractivity contribution in [1.29, 1.82) is 0 Å². The predicted octanol–water partition coefficient (Wildman–Crippen LogP) is 4.11. The summed E-state index contributed by atoms with van der Waals surface area (Å²) in [6, 6.07) is 19.2. The Labute approximate surface area is 206 Å². The van der Waals surface area contributed by atoms with Gasteiger partial charge in [0.05, 0.1) is 30.3 Å². The van der Waals surface area contributed by atoms with Crippen LogP contribution in [0.5, 0.6) is 5.75 Å². The molecule has 35 heavy (non-hydrogen) atoms. The van der Waals surface area contributed by atoms with Gasteiger partial charge < -0.3 is 15.4 Å². The van der Waals surface area contributed by atoms with Gasteiger partial charge in [-0.2, -0.15) is 5.10 Å². The second kappa shape index (κ2) is 10.4. The molecule has 3 aromatic carbocycles. The first-order valence-electron chi connectivity index (χ1n) is 10.9. The van der Waals surface area contributed by atoms with Crippen LogP contribution in [-0.4, -0.2) is 35.8 Å². The van der Waals surface area contributed by atoms with E-state index in [1.54, 1.807) is 36.4 Å². The van der Waals surface area contributed by atoms with Crippen LogP contribution in [0.15, 0.2) is 71.5 Å². The third kappa shape index (κ3) is 5.17. The smallest absolute Gasteiger partial charge is 0.274 e. The maximum absolute atomic E-state index is 13.0. The van der Waals surface area contributed by atoms with Crippen molar-refractivity contribution in [3.05, 3.63) is 87.7 Å². The fourth-order valence-corrected chi connectivity index (χ4v) is 3.86. The van der Waals surface area contributed by atoms with Gasteiger partial charge in [-0.1, -0.05) is 41.9 Å². The quantitative estimate of drug-likeness (QED) is 0.406. The van der Waals surface area contributed by atoms with E-state index in [2.05, 4.69) is 15.7 Å². The lowest BCUT2D eigenvalue weighted by Crippen LogP contribution is -2.26. The number of carbonyl (C=O) groups is 2. The van der Waals surface area contributed by atoms with E-state index in [1.807, 2.05) is 24.3 Å².